The molecule has 0 atom stereocenters. The molecule has 1 amide bonds. The highest BCUT2D eigenvalue weighted by atomic mass is 32.2. The number of piperidine rings is 1. The molecule has 0 spiro atoms. The number of nitrogens with one attached hydrogen (secondary N) is 1. The molecular weight excluding hydrogens is 460 g/mol. The number of nitrogens with zero attached hydrogens (tertiary/aromatic N) is 2. The zero-order valence-corrected chi connectivity index (χ0v) is 18.8. The Labute approximate surface area is 187 Å². The maximum atomic E-state index is 13.3. The molecule has 1 aromatic heterocycles. The van der Waals surface area contributed by atoms with Gasteiger partial charge in [-0.3, -0.25) is 14.2 Å². The fourth-order valence-electron chi connectivity index (χ4n) is 3.83. The van der Waals surface area contributed by atoms with Crippen LogP contribution in [0.4, 0.5) is 14.5 Å². The van der Waals surface area contributed by atoms with Crippen molar-refractivity contribution in [2.75, 3.05) is 18.4 Å². The van der Waals surface area contributed by atoms with E-state index >= 15 is 0 Å². The van der Waals surface area contributed by atoms with E-state index in [0.29, 0.717) is 29.6 Å². The van der Waals surface area contributed by atoms with Crippen molar-refractivity contribution in [2.24, 2.45) is 5.92 Å². The van der Waals surface area contributed by atoms with Crippen molar-refractivity contribution in [3.63, 3.8) is 0 Å². The van der Waals surface area contributed by atoms with Crippen molar-refractivity contribution in [1.29, 1.82) is 0 Å². The molecule has 170 valence electrons. The van der Waals surface area contributed by atoms with Crippen LogP contribution in [0.3, 0.4) is 0 Å². The van der Waals surface area contributed by atoms with E-state index in [0.717, 1.165) is 23.5 Å². The summed E-state index contributed by atoms with van der Waals surface area (Å²) < 4.78 is 56.1. The van der Waals surface area contributed by atoms with Gasteiger partial charge in [-0.25, -0.2) is 17.2 Å². The molecule has 0 radical (unpaired) electrons. The SMILES string of the molecule is CCn1c(=O)sc2cc(S(=O)(=O)N3CCC(C(=O)Nc4ccc(F)c(F)c4)CC3)ccc21. The minimum Gasteiger partial charge on any atom is -0.326 e. The topological polar surface area (TPSA) is 88.5 Å². The Kier molecular flexibility index (Phi) is 6.15. The van der Waals surface area contributed by atoms with Crippen molar-refractivity contribution < 1.29 is 22.0 Å². The van der Waals surface area contributed by atoms with Gasteiger partial charge in [-0.05, 0) is 50.1 Å². The predicted molar refractivity (Wildman–Crippen MR) is 118 cm³/mol. The molecular formula is C21H21F2N3O4S2. The molecule has 1 N–H and O–H groups in total. The number of sulfonamides is 1. The van der Waals surface area contributed by atoms with Gasteiger partial charge in [-0.1, -0.05) is 11.3 Å². The minimum absolute atomic E-state index is 0.110. The highest BCUT2D eigenvalue weighted by Gasteiger charge is 2.32. The van der Waals surface area contributed by atoms with Crippen LogP contribution in [0.5, 0.6) is 0 Å². The summed E-state index contributed by atoms with van der Waals surface area (Å²) in [6, 6.07) is 7.77. The highest BCUT2D eigenvalue weighted by Crippen LogP contribution is 2.28. The van der Waals surface area contributed by atoms with Crippen LogP contribution in [0.1, 0.15) is 19.8 Å². The predicted octanol–water partition coefficient (Wildman–Crippen LogP) is 3.40. The van der Waals surface area contributed by atoms with Gasteiger partial charge in [0.05, 0.1) is 15.1 Å². The van der Waals surface area contributed by atoms with Gasteiger partial charge in [0.2, 0.25) is 15.9 Å². The van der Waals surface area contributed by atoms with Gasteiger partial charge in [0.1, 0.15) is 0 Å². The quantitative estimate of drug-likeness (QED) is 0.605. The lowest BCUT2D eigenvalue weighted by Crippen LogP contribution is -2.41. The molecule has 0 unspecified atom stereocenters. The number of hydrogen-bond acceptors (Lipinski definition) is 5. The molecule has 4 rings (SSSR count). The largest absolute Gasteiger partial charge is 0.326 e. The maximum absolute atomic E-state index is 13.3. The number of carbonyl (C=O) groups is 1. The van der Waals surface area contributed by atoms with Crippen molar-refractivity contribution in [3.05, 3.63) is 57.7 Å². The summed E-state index contributed by atoms with van der Waals surface area (Å²) in [5.41, 5.74) is 0.851. The third-order valence-corrected chi connectivity index (χ3v) is 8.44. The summed E-state index contributed by atoms with van der Waals surface area (Å²) in [4.78, 5) is 24.5. The number of thiazole rings is 1. The number of benzene rings is 2. The number of aromatic nitrogens is 1. The molecule has 1 aliphatic rings. The number of carbonyl (C=O) groups excluding carboxylic acids is 1. The van der Waals surface area contributed by atoms with Crippen molar-refractivity contribution in [2.45, 2.75) is 31.2 Å². The summed E-state index contributed by atoms with van der Waals surface area (Å²) in [7, 11) is -3.78. The summed E-state index contributed by atoms with van der Waals surface area (Å²) in [5.74, 6) is -2.86. The number of fused-ring (bicyclic) bond motifs is 1. The van der Waals surface area contributed by atoms with E-state index in [1.807, 2.05) is 6.92 Å². The second kappa shape index (κ2) is 8.72. The van der Waals surface area contributed by atoms with Gasteiger partial charge in [0.15, 0.2) is 11.6 Å². The fraction of sp³-hybridized carbons (Fsp3) is 0.333. The average Bonchev–Trinajstić information content (AvgIpc) is 3.10. The molecule has 32 heavy (non-hydrogen) atoms. The molecule has 11 heteroatoms. The number of hydrogen-bond donors (Lipinski definition) is 1. The molecule has 7 nitrogen and oxygen atoms in total. The Morgan fingerprint density at radius 3 is 2.50 bits per heavy atom. The molecule has 0 bridgehead atoms. The Morgan fingerprint density at radius 2 is 1.84 bits per heavy atom. The molecule has 3 aromatic rings. The van der Waals surface area contributed by atoms with Crippen LogP contribution in [0.25, 0.3) is 10.2 Å². The van der Waals surface area contributed by atoms with Gasteiger partial charge < -0.3 is 5.32 Å². The Balaban J connectivity index is 1.45. The normalized spacial score (nSPS) is 15.8. The van der Waals surface area contributed by atoms with Crippen molar-refractivity contribution in [1.82, 2.24) is 8.87 Å². The monoisotopic (exact) mass is 481 g/mol. The van der Waals surface area contributed by atoms with E-state index < -0.39 is 27.6 Å². The van der Waals surface area contributed by atoms with E-state index in [1.165, 1.54) is 22.5 Å². The zero-order valence-electron chi connectivity index (χ0n) is 17.2. The van der Waals surface area contributed by atoms with Crippen LogP contribution in [0.15, 0.2) is 46.1 Å². The number of amides is 1. The van der Waals surface area contributed by atoms with Crippen LogP contribution < -0.4 is 10.2 Å². The first-order chi connectivity index (χ1) is 15.2. The second-order valence-electron chi connectivity index (χ2n) is 7.54. The lowest BCUT2D eigenvalue weighted by molar-refractivity contribution is -0.120. The van der Waals surface area contributed by atoms with Crippen molar-refractivity contribution >= 4 is 43.2 Å². The lowest BCUT2D eigenvalue weighted by atomic mass is 9.97. The molecule has 2 aromatic carbocycles. The van der Waals surface area contributed by atoms with Crippen LogP contribution in [0, 0.1) is 17.6 Å². The molecule has 0 saturated carbocycles. The second-order valence-corrected chi connectivity index (χ2v) is 10.5. The van der Waals surface area contributed by atoms with Gasteiger partial charge >= 0.3 is 4.87 Å². The summed E-state index contributed by atoms with van der Waals surface area (Å²) in [6.45, 7) is 2.67. The van der Waals surface area contributed by atoms with Crippen LogP contribution >= 0.6 is 11.3 Å². The summed E-state index contributed by atoms with van der Waals surface area (Å²) >= 11 is 1.01. The van der Waals surface area contributed by atoms with Crippen molar-refractivity contribution in [3.8, 4) is 0 Å². The third-order valence-electron chi connectivity index (χ3n) is 5.61. The first kappa shape index (κ1) is 22.6. The fourth-order valence-corrected chi connectivity index (χ4v) is 6.40. The van der Waals surface area contributed by atoms with E-state index in [1.54, 1.807) is 10.6 Å². The number of rotatable bonds is 5. The van der Waals surface area contributed by atoms with Gasteiger partial charge in [0, 0.05) is 37.3 Å². The van der Waals surface area contributed by atoms with Crippen LogP contribution in [-0.4, -0.2) is 36.3 Å². The molecule has 1 saturated heterocycles. The lowest BCUT2D eigenvalue weighted by Gasteiger charge is -2.30. The first-order valence-electron chi connectivity index (χ1n) is 10.1. The van der Waals surface area contributed by atoms with Gasteiger partial charge in [-0.15, -0.1) is 0 Å². The van der Waals surface area contributed by atoms with Gasteiger partial charge in [0.25, 0.3) is 0 Å². The summed E-state index contributed by atoms with van der Waals surface area (Å²) in [6.07, 6.45) is 0.604. The minimum atomic E-state index is -3.78. The zero-order chi connectivity index (χ0) is 23.0. The van der Waals surface area contributed by atoms with E-state index in [2.05, 4.69) is 5.32 Å². The number of aryl methyl sites for hydroxylation is 1. The highest BCUT2D eigenvalue weighted by molar-refractivity contribution is 7.89. The Bertz CT molecular complexity index is 1340. The molecule has 1 fully saturated rings. The average molecular weight is 482 g/mol. The smallest absolute Gasteiger partial charge is 0.308 e. The number of halogens is 2. The van der Waals surface area contributed by atoms with E-state index in [-0.39, 0.29) is 34.5 Å². The van der Waals surface area contributed by atoms with E-state index in [9.17, 15) is 26.8 Å². The van der Waals surface area contributed by atoms with Crippen LogP contribution in [-0.2, 0) is 21.4 Å². The standard InChI is InChI=1S/C21H21F2N3O4S2/c1-2-26-18-6-4-15(12-19(18)31-21(26)28)32(29,30)25-9-7-13(8-10-25)20(27)24-14-3-5-16(22)17(23)11-14/h3-6,11-13H,2,7-10H2,1H3,(H,24,27). The third kappa shape index (κ3) is 4.19. The van der Waals surface area contributed by atoms with Gasteiger partial charge in [-0.2, -0.15) is 4.31 Å². The Morgan fingerprint density at radius 1 is 1.12 bits per heavy atom. The molecule has 2 heterocycles. The molecule has 0 aliphatic carbocycles. The maximum Gasteiger partial charge on any atom is 0.308 e. The van der Waals surface area contributed by atoms with Crippen LogP contribution in [0.2, 0.25) is 0 Å². The summed E-state index contributed by atoms with van der Waals surface area (Å²) in [5, 5.41) is 2.55. The first-order valence-corrected chi connectivity index (χ1v) is 12.4. The van der Waals surface area contributed by atoms with E-state index in [4.69, 9.17) is 0 Å². The Hall–Kier alpha value is -2.63. The molecule has 1 aliphatic heterocycles. The number of anilines is 1.